The standard InChI is InChI=1S/C16H20N4OS.2ClH/c1-11(17)13-7-3-5-9-20(13)16(21)14-10-19-15(22-14)12-6-2-4-8-18-12;;/h2,4,6,8,10-11,13H,3,5,7,9,17H2,1H3;2*1H. The number of carbonyl (C=O) groups excluding carboxylic acids is 1. The minimum Gasteiger partial charge on any atom is -0.333 e. The number of nitrogens with two attached hydrogens (primary N) is 1. The summed E-state index contributed by atoms with van der Waals surface area (Å²) in [5.41, 5.74) is 6.85. The second-order valence-electron chi connectivity index (χ2n) is 5.67. The maximum Gasteiger partial charge on any atom is 0.265 e. The normalized spacial score (nSPS) is 18.2. The molecule has 3 heterocycles. The molecule has 132 valence electrons. The number of aromatic nitrogens is 2. The number of thiazole rings is 1. The second-order valence-corrected chi connectivity index (χ2v) is 6.70. The van der Waals surface area contributed by atoms with Gasteiger partial charge in [-0.25, -0.2) is 4.98 Å². The summed E-state index contributed by atoms with van der Waals surface area (Å²) < 4.78 is 0. The Morgan fingerprint density at radius 3 is 2.79 bits per heavy atom. The van der Waals surface area contributed by atoms with Gasteiger partial charge in [-0.1, -0.05) is 6.07 Å². The molecular weight excluding hydrogens is 367 g/mol. The van der Waals surface area contributed by atoms with Crippen molar-refractivity contribution in [2.24, 2.45) is 5.73 Å². The van der Waals surface area contributed by atoms with Gasteiger partial charge in [-0.2, -0.15) is 0 Å². The Bertz CT molecular complexity index is 651. The van der Waals surface area contributed by atoms with E-state index in [0.29, 0.717) is 4.88 Å². The predicted molar refractivity (Wildman–Crippen MR) is 102 cm³/mol. The molecular formula is C16H22Cl2N4OS. The van der Waals surface area contributed by atoms with Crippen LogP contribution >= 0.6 is 36.2 Å². The van der Waals surface area contributed by atoms with Crippen molar-refractivity contribution in [3.8, 4) is 10.7 Å². The van der Waals surface area contributed by atoms with Crippen LogP contribution in [0.2, 0.25) is 0 Å². The van der Waals surface area contributed by atoms with Crippen molar-refractivity contribution in [3.63, 3.8) is 0 Å². The number of hydrogen-bond donors (Lipinski definition) is 1. The maximum atomic E-state index is 12.8. The summed E-state index contributed by atoms with van der Waals surface area (Å²) in [6, 6.07) is 5.80. The van der Waals surface area contributed by atoms with E-state index in [1.165, 1.54) is 11.3 Å². The van der Waals surface area contributed by atoms with Crippen LogP contribution in [-0.4, -0.2) is 39.4 Å². The zero-order valence-corrected chi connectivity index (χ0v) is 15.9. The lowest BCUT2D eigenvalue weighted by Gasteiger charge is -2.37. The molecule has 1 saturated heterocycles. The van der Waals surface area contributed by atoms with Crippen molar-refractivity contribution in [1.29, 1.82) is 0 Å². The number of rotatable bonds is 3. The molecule has 3 rings (SSSR count). The van der Waals surface area contributed by atoms with Crippen molar-refractivity contribution in [2.75, 3.05) is 6.54 Å². The van der Waals surface area contributed by atoms with E-state index in [1.54, 1.807) is 12.4 Å². The maximum absolute atomic E-state index is 12.8. The first-order chi connectivity index (χ1) is 10.7. The van der Waals surface area contributed by atoms with Gasteiger partial charge in [0, 0.05) is 24.8 Å². The van der Waals surface area contributed by atoms with E-state index >= 15 is 0 Å². The van der Waals surface area contributed by atoms with Crippen LogP contribution in [0.15, 0.2) is 30.6 Å². The Balaban J connectivity index is 0.00000144. The van der Waals surface area contributed by atoms with Crippen molar-refractivity contribution in [3.05, 3.63) is 35.5 Å². The summed E-state index contributed by atoms with van der Waals surface area (Å²) in [5, 5.41) is 0.776. The van der Waals surface area contributed by atoms with Crippen LogP contribution in [0.1, 0.15) is 35.9 Å². The number of nitrogens with zero attached hydrogens (tertiary/aromatic N) is 3. The molecule has 2 aromatic heterocycles. The van der Waals surface area contributed by atoms with E-state index in [9.17, 15) is 4.79 Å². The summed E-state index contributed by atoms with van der Waals surface area (Å²) in [6.07, 6.45) is 6.55. The van der Waals surface area contributed by atoms with Crippen molar-refractivity contribution >= 4 is 42.1 Å². The van der Waals surface area contributed by atoms with Gasteiger partial charge < -0.3 is 10.6 Å². The molecule has 0 spiro atoms. The highest BCUT2D eigenvalue weighted by molar-refractivity contribution is 7.16. The Labute approximate surface area is 158 Å². The number of halogens is 2. The Morgan fingerprint density at radius 2 is 2.12 bits per heavy atom. The molecule has 24 heavy (non-hydrogen) atoms. The first-order valence-corrected chi connectivity index (χ1v) is 8.42. The third kappa shape index (κ3) is 4.45. The highest BCUT2D eigenvalue weighted by Gasteiger charge is 2.30. The molecule has 2 unspecified atom stereocenters. The molecule has 5 nitrogen and oxygen atoms in total. The number of hydrogen-bond acceptors (Lipinski definition) is 5. The molecule has 1 amide bonds. The molecule has 1 aliphatic rings. The Morgan fingerprint density at radius 1 is 1.33 bits per heavy atom. The molecule has 0 radical (unpaired) electrons. The highest BCUT2D eigenvalue weighted by atomic mass is 35.5. The third-order valence-electron chi connectivity index (χ3n) is 4.02. The lowest BCUT2D eigenvalue weighted by Crippen LogP contribution is -2.51. The van der Waals surface area contributed by atoms with E-state index < -0.39 is 0 Å². The first kappa shape index (κ1) is 20.8. The molecule has 0 bridgehead atoms. The van der Waals surface area contributed by atoms with Gasteiger partial charge in [0.1, 0.15) is 9.88 Å². The zero-order valence-electron chi connectivity index (χ0n) is 13.4. The summed E-state index contributed by atoms with van der Waals surface area (Å²) >= 11 is 1.40. The van der Waals surface area contributed by atoms with Crippen molar-refractivity contribution in [1.82, 2.24) is 14.9 Å². The lowest BCUT2D eigenvalue weighted by atomic mass is 9.97. The molecule has 2 aromatic rings. The molecule has 2 N–H and O–H groups in total. The van der Waals surface area contributed by atoms with Crippen LogP contribution in [0.5, 0.6) is 0 Å². The van der Waals surface area contributed by atoms with E-state index in [4.69, 9.17) is 5.73 Å². The lowest BCUT2D eigenvalue weighted by molar-refractivity contribution is 0.0588. The van der Waals surface area contributed by atoms with Gasteiger partial charge in [-0.3, -0.25) is 9.78 Å². The number of carbonyl (C=O) groups is 1. The first-order valence-electron chi connectivity index (χ1n) is 7.60. The van der Waals surface area contributed by atoms with E-state index in [-0.39, 0.29) is 42.8 Å². The van der Waals surface area contributed by atoms with Crippen LogP contribution in [0.25, 0.3) is 10.7 Å². The summed E-state index contributed by atoms with van der Waals surface area (Å²) in [4.78, 5) is 24.0. The van der Waals surface area contributed by atoms with Crippen LogP contribution in [0.3, 0.4) is 0 Å². The van der Waals surface area contributed by atoms with Crippen LogP contribution < -0.4 is 5.73 Å². The van der Waals surface area contributed by atoms with Crippen molar-refractivity contribution in [2.45, 2.75) is 38.3 Å². The molecule has 0 aliphatic carbocycles. The predicted octanol–water partition coefficient (Wildman–Crippen LogP) is 3.39. The molecule has 0 saturated carbocycles. The highest BCUT2D eigenvalue weighted by Crippen LogP contribution is 2.27. The van der Waals surface area contributed by atoms with Gasteiger partial charge in [0.25, 0.3) is 5.91 Å². The SMILES string of the molecule is CC(N)C1CCCCN1C(=O)c1cnc(-c2ccccn2)s1.Cl.Cl. The van der Waals surface area contributed by atoms with Crippen molar-refractivity contribution < 1.29 is 4.79 Å². The average Bonchev–Trinajstić information content (AvgIpc) is 3.05. The summed E-state index contributed by atoms with van der Waals surface area (Å²) in [7, 11) is 0. The van der Waals surface area contributed by atoms with Gasteiger partial charge in [0.15, 0.2) is 0 Å². The quantitative estimate of drug-likeness (QED) is 0.874. The minimum absolute atomic E-state index is 0. The molecule has 8 heteroatoms. The Hall–Kier alpha value is -1.21. The molecule has 1 aliphatic heterocycles. The fourth-order valence-corrected chi connectivity index (χ4v) is 3.73. The zero-order chi connectivity index (χ0) is 15.5. The van der Waals surface area contributed by atoms with Gasteiger partial charge in [0.2, 0.25) is 0 Å². The second kappa shape index (κ2) is 9.32. The van der Waals surface area contributed by atoms with E-state index in [2.05, 4.69) is 9.97 Å². The Kier molecular flexibility index (Phi) is 8.09. The van der Waals surface area contributed by atoms with Crippen LogP contribution in [0, 0.1) is 0 Å². The molecule has 2 atom stereocenters. The van der Waals surface area contributed by atoms with Gasteiger partial charge in [-0.15, -0.1) is 36.2 Å². The number of pyridine rings is 1. The fraction of sp³-hybridized carbons (Fsp3) is 0.438. The van der Waals surface area contributed by atoms with Gasteiger partial charge in [-0.05, 0) is 38.3 Å². The smallest absolute Gasteiger partial charge is 0.265 e. The number of amides is 1. The largest absolute Gasteiger partial charge is 0.333 e. The van der Waals surface area contributed by atoms with E-state index in [1.807, 2.05) is 30.0 Å². The summed E-state index contributed by atoms with van der Waals surface area (Å²) in [6.45, 7) is 2.75. The van der Waals surface area contributed by atoms with Crippen LogP contribution in [0.4, 0.5) is 0 Å². The monoisotopic (exact) mass is 388 g/mol. The fourth-order valence-electron chi connectivity index (χ4n) is 2.88. The van der Waals surface area contributed by atoms with Crippen LogP contribution in [-0.2, 0) is 0 Å². The van der Waals surface area contributed by atoms with E-state index in [0.717, 1.165) is 36.5 Å². The number of likely N-dealkylation sites (tertiary alicyclic amines) is 1. The average molecular weight is 389 g/mol. The minimum atomic E-state index is -0.00701. The molecule has 0 aromatic carbocycles. The van der Waals surface area contributed by atoms with Gasteiger partial charge >= 0.3 is 0 Å². The summed E-state index contributed by atoms with van der Waals surface area (Å²) in [5.74, 6) is 0.0432. The number of piperidine rings is 1. The third-order valence-corrected chi connectivity index (χ3v) is 5.03. The van der Waals surface area contributed by atoms with Gasteiger partial charge in [0.05, 0.1) is 11.9 Å². The topological polar surface area (TPSA) is 72.1 Å². The molecule has 1 fully saturated rings.